The van der Waals surface area contributed by atoms with E-state index in [-0.39, 0.29) is 36.1 Å². The van der Waals surface area contributed by atoms with Gasteiger partial charge in [-0.1, -0.05) is 48.5 Å². The molecule has 4 aromatic carbocycles. The maximum atomic E-state index is 13.4. The van der Waals surface area contributed by atoms with Crippen molar-refractivity contribution in [1.82, 2.24) is 15.1 Å². The third kappa shape index (κ3) is 6.43. The van der Waals surface area contributed by atoms with E-state index in [1.807, 2.05) is 24.3 Å². The van der Waals surface area contributed by atoms with E-state index in [2.05, 4.69) is 80.7 Å². The Balaban J connectivity index is 0.688. The molecule has 0 aromatic heterocycles. The lowest BCUT2D eigenvalue weighted by atomic mass is 9.69. The topological polar surface area (TPSA) is 124 Å². The molecule has 1 unspecified atom stereocenters. The molecule has 12 heteroatoms. The van der Waals surface area contributed by atoms with Crippen molar-refractivity contribution in [2.75, 3.05) is 68.9 Å². The number of fused-ring (bicyclic) bond motifs is 6. The molecule has 2 N–H and O–H groups in total. The smallest absolute Gasteiger partial charge is 0.255 e. The van der Waals surface area contributed by atoms with Crippen molar-refractivity contribution >= 4 is 29.1 Å². The van der Waals surface area contributed by atoms with Gasteiger partial charge in [0.15, 0.2) is 0 Å². The number of amides is 3. The molecule has 1 aliphatic carbocycles. The quantitative estimate of drug-likeness (QED) is 0.264. The highest BCUT2D eigenvalue weighted by molar-refractivity contribution is 6.06. The fourth-order valence-electron chi connectivity index (χ4n) is 10.9. The van der Waals surface area contributed by atoms with E-state index >= 15 is 0 Å². The fourth-order valence-corrected chi connectivity index (χ4v) is 10.9. The number of ether oxygens (including phenoxy) is 3. The molecule has 7 aliphatic rings. The van der Waals surface area contributed by atoms with Crippen LogP contribution in [0.2, 0.25) is 0 Å². The number of nitrogens with one attached hydrogen (secondary N) is 1. The van der Waals surface area contributed by atoms with Gasteiger partial charge in [0.1, 0.15) is 24.1 Å². The number of aryl methyl sites for hydroxylation is 1. The van der Waals surface area contributed by atoms with Crippen molar-refractivity contribution in [1.29, 1.82) is 0 Å². The molecule has 4 atom stereocenters. The van der Waals surface area contributed by atoms with E-state index in [1.165, 1.54) is 27.9 Å². The molecule has 0 saturated carbocycles. The van der Waals surface area contributed by atoms with E-state index in [0.717, 1.165) is 56.0 Å². The minimum atomic E-state index is -0.648. The van der Waals surface area contributed by atoms with E-state index in [9.17, 15) is 19.5 Å². The number of hydrogen-bond acceptors (Lipinski definition) is 10. The summed E-state index contributed by atoms with van der Waals surface area (Å²) in [5.74, 6) is 0.505. The van der Waals surface area contributed by atoms with E-state index in [4.69, 9.17) is 14.2 Å². The van der Waals surface area contributed by atoms with Crippen molar-refractivity contribution in [3.05, 3.63) is 118 Å². The Kier molecular flexibility index (Phi) is 8.93. The Morgan fingerprint density at radius 1 is 0.814 bits per heavy atom. The van der Waals surface area contributed by atoms with Gasteiger partial charge in [-0.3, -0.25) is 24.6 Å². The lowest BCUT2D eigenvalue weighted by Gasteiger charge is -2.53. The molecule has 12 nitrogen and oxygen atoms in total. The summed E-state index contributed by atoms with van der Waals surface area (Å²) in [6.07, 6.45) is 2.56. The molecule has 304 valence electrons. The van der Waals surface area contributed by atoms with Gasteiger partial charge in [-0.15, -0.1) is 0 Å². The molecular weight excluding hydrogens is 747 g/mol. The maximum Gasteiger partial charge on any atom is 0.255 e. The summed E-state index contributed by atoms with van der Waals surface area (Å²) in [5, 5.41) is 12.6. The number of hydrogen-bond donors (Lipinski definition) is 2. The van der Waals surface area contributed by atoms with Crippen LogP contribution in [0, 0.1) is 5.92 Å². The number of carbonyl (C=O) groups excluding carboxylic acids is 3. The van der Waals surface area contributed by atoms with Crippen LogP contribution >= 0.6 is 0 Å². The first-order chi connectivity index (χ1) is 28.8. The Morgan fingerprint density at radius 2 is 1.63 bits per heavy atom. The van der Waals surface area contributed by atoms with Crippen molar-refractivity contribution < 1.29 is 33.7 Å². The summed E-state index contributed by atoms with van der Waals surface area (Å²) in [6.45, 7) is 7.08. The van der Waals surface area contributed by atoms with Gasteiger partial charge in [0.2, 0.25) is 17.6 Å². The van der Waals surface area contributed by atoms with Crippen LogP contribution < -0.4 is 19.9 Å². The zero-order valence-corrected chi connectivity index (χ0v) is 33.1. The van der Waals surface area contributed by atoms with Crippen LogP contribution in [0.1, 0.15) is 69.3 Å². The highest BCUT2D eigenvalue weighted by atomic mass is 16.7. The predicted molar refractivity (Wildman–Crippen MR) is 220 cm³/mol. The lowest BCUT2D eigenvalue weighted by molar-refractivity contribution is -0.293. The van der Waals surface area contributed by atoms with Gasteiger partial charge in [0.25, 0.3) is 5.91 Å². The van der Waals surface area contributed by atoms with Crippen molar-refractivity contribution in [3.8, 4) is 11.5 Å². The van der Waals surface area contributed by atoms with Crippen LogP contribution in [0.25, 0.3) is 0 Å². The summed E-state index contributed by atoms with van der Waals surface area (Å²) >= 11 is 0. The third-order valence-electron chi connectivity index (χ3n) is 13.9. The lowest BCUT2D eigenvalue weighted by Crippen LogP contribution is -2.68. The minimum Gasteiger partial charge on any atom is -0.508 e. The third-order valence-corrected chi connectivity index (χ3v) is 13.9. The number of piperidine rings is 1. The average Bonchev–Trinajstić information content (AvgIpc) is 3.58. The molecule has 3 amide bonds. The molecule has 0 bridgehead atoms. The highest BCUT2D eigenvalue weighted by Gasteiger charge is 2.49. The summed E-state index contributed by atoms with van der Waals surface area (Å²) in [5.41, 5.74) is 8.78. The predicted octanol–water partition coefficient (Wildman–Crippen LogP) is 4.78. The van der Waals surface area contributed by atoms with Crippen LogP contribution in [0.5, 0.6) is 11.5 Å². The standard InChI is InChI=1S/C47H49N5O7/c53-35-11-13-37-32(20-35)8-12-36(30-4-2-1-3-5-30)43(37)31-6-9-33(10-7-31)50-27-47(28-50)58-24-29(25-59-47)21-49-18-19-51-34(22-49)26-57-44-39-23-52(41-16-17-42(54)48-45(41)55)46(56)38(39)14-15-40(44)51/h1-7,9-11,13-15,20,29,34,36,41,43,53H,8,12,16-19,21-28H2,(H,48,54,55)/t34-,36-,41?,43+/m1/s1. The molecule has 59 heavy (non-hydrogen) atoms. The zero-order valence-electron chi connectivity index (χ0n) is 33.1. The van der Waals surface area contributed by atoms with Crippen LogP contribution in [0.4, 0.5) is 11.4 Å². The van der Waals surface area contributed by atoms with Gasteiger partial charge in [-0.05, 0) is 83.8 Å². The highest BCUT2D eigenvalue weighted by Crippen LogP contribution is 2.48. The summed E-state index contributed by atoms with van der Waals surface area (Å²) in [7, 11) is 0. The number of carbonyl (C=O) groups is 3. The zero-order chi connectivity index (χ0) is 39.8. The van der Waals surface area contributed by atoms with Crippen molar-refractivity contribution in [3.63, 3.8) is 0 Å². The molecule has 6 heterocycles. The van der Waals surface area contributed by atoms with Gasteiger partial charge in [0.05, 0.1) is 44.6 Å². The summed E-state index contributed by atoms with van der Waals surface area (Å²) in [4.78, 5) is 46.5. The van der Waals surface area contributed by atoms with Gasteiger partial charge in [-0.2, -0.15) is 0 Å². The first-order valence-corrected chi connectivity index (χ1v) is 21.2. The minimum absolute atomic E-state index is 0.183. The Hall–Kier alpha value is -5.43. The number of piperazine rings is 1. The molecule has 0 radical (unpaired) electrons. The number of benzene rings is 4. The number of nitrogens with zero attached hydrogens (tertiary/aromatic N) is 4. The normalized spacial score (nSPS) is 26.4. The molecule has 4 saturated heterocycles. The largest absolute Gasteiger partial charge is 0.508 e. The van der Waals surface area contributed by atoms with Crippen molar-refractivity contribution in [2.45, 2.75) is 61.9 Å². The second kappa shape index (κ2) is 14.4. The summed E-state index contributed by atoms with van der Waals surface area (Å²) in [6, 6.07) is 29.1. The number of rotatable bonds is 6. The first-order valence-electron chi connectivity index (χ1n) is 21.2. The van der Waals surface area contributed by atoms with Crippen molar-refractivity contribution in [2.24, 2.45) is 5.92 Å². The van der Waals surface area contributed by atoms with Gasteiger partial charge in [0, 0.05) is 61.2 Å². The number of aromatic hydroxyl groups is 1. The first kappa shape index (κ1) is 36.6. The second-order valence-corrected chi connectivity index (χ2v) is 17.5. The Labute approximate surface area is 343 Å². The Bertz CT molecular complexity index is 2300. The number of phenols is 1. The molecule has 4 fully saturated rings. The van der Waals surface area contributed by atoms with Gasteiger partial charge >= 0.3 is 0 Å². The SMILES string of the molecule is O=C1CCC(N2Cc3c(ccc4c3OC[C@H]3CN(CC5COC6(CN(c7ccc([C@@H]8c9ccc(O)cc9CC[C@@H]8c8ccccc8)cc7)C6)OC5)CCN43)C2=O)C(=O)N1. The van der Waals surface area contributed by atoms with Gasteiger partial charge in [-0.25, -0.2) is 0 Å². The van der Waals surface area contributed by atoms with Crippen LogP contribution in [0.15, 0.2) is 84.9 Å². The van der Waals surface area contributed by atoms with E-state index in [1.54, 1.807) is 4.90 Å². The van der Waals surface area contributed by atoms with Crippen LogP contribution in [-0.2, 0) is 32.0 Å². The number of phenolic OH excluding ortho intramolecular Hbond substituents is 1. The van der Waals surface area contributed by atoms with Gasteiger partial charge < -0.3 is 34.0 Å². The molecule has 6 aliphatic heterocycles. The second-order valence-electron chi connectivity index (χ2n) is 17.5. The summed E-state index contributed by atoms with van der Waals surface area (Å²) < 4.78 is 19.4. The van der Waals surface area contributed by atoms with E-state index < -0.39 is 17.7 Å². The monoisotopic (exact) mass is 795 g/mol. The molecular formula is C47H49N5O7. The molecule has 11 rings (SSSR count). The number of anilines is 2. The fraction of sp³-hybridized carbons (Fsp3) is 0.426. The Morgan fingerprint density at radius 3 is 2.42 bits per heavy atom. The molecule has 4 aromatic rings. The number of imide groups is 1. The maximum absolute atomic E-state index is 13.4. The molecule has 1 spiro atoms. The van der Waals surface area contributed by atoms with E-state index in [0.29, 0.717) is 63.1 Å². The average molecular weight is 796 g/mol. The van der Waals surface area contributed by atoms with Crippen LogP contribution in [0.3, 0.4) is 0 Å². The van der Waals surface area contributed by atoms with Crippen LogP contribution in [-0.4, -0.2) is 110 Å².